The van der Waals surface area contributed by atoms with Gasteiger partial charge in [-0.25, -0.2) is 0 Å². The van der Waals surface area contributed by atoms with E-state index in [0.29, 0.717) is 23.7 Å². The minimum Gasteiger partial charge on any atom is -0.494 e. The Morgan fingerprint density at radius 2 is 2.24 bits per heavy atom. The lowest BCUT2D eigenvalue weighted by atomic mass is 10.2. The van der Waals surface area contributed by atoms with Gasteiger partial charge in [0.25, 0.3) is 5.69 Å². The molecule has 2 aromatic rings. The van der Waals surface area contributed by atoms with Gasteiger partial charge in [0, 0.05) is 12.4 Å². The summed E-state index contributed by atoms with van der Waals surface area (Å²) in [5, 5.41) is 14.3. The van der Waals surface area contributed by atoms with Crippen LogP contribution in [0, 0.1) is 10.1 Å². The van der Waals surface area contributed by atoms with Gasteiger partial charge in [-0.15, -0.1) is 0 Å². The van der Waals surface area contributed by atoms with Gasteiger partial charge in [-0.2, -0.15) is 0 Å². The average Bonchev–Trinajstić information content (AvgIpc) is 2.49. The second-order valence-electron chi connectivity index (χ2n) is 4.37. The molecule has 7 nitrogen and oxygen atoms in total. The summed E-state index contributed by atoms with van der Waals surface area (Å²) in [5.41, 5.74) is 1.10. The Morgan fingerprint density at radius 3 is 2.86 bits per heavy atom. The van der Waals surface area contributed by atoms with E-state index in [2.05, 4.69) is 15.3 Å². The Hall–Kier alpha value is -2.70. The largest absolute Gasteiger partial charge is 0.494 e. The van der Waals surface area contributed by atoms with Crippen LogP contribution < -0.4 is 10.1 Å². The lowest BCUT2D eigenvalue weighted by Gasteiger charge is -2.15. The number of hydrogen-bond acceptors (Lipinski definition) is 6. The van der Waals surface area contributed by atoms with Crippen LogP contribution in [0.2, 0.25) is 0 Å². The van der Waals surface area contributed by atoms with E-state index in [-0.39, 0.29) is 11.7 Å². The van der Waals surface area contributed by atoms with Crippen molar-refractivity contribution in [2.24, 2.45) is 0 Å². The quantitative estimate of drug-likeness (QED) is 0.649. The van der Waals surface area contributed by atoms with Crippen LogP contribution in [-0.2, 0) is 0 Å². The van der Waals surface area contributed by atoms with Gasteiger partial charge in [0.2, 0.25) is 0 Å². The molecule has 21 heavy (non-hydrogen) atoms. The summed E-state index contributed by atoms with van der Waals surface area (Å²) in [7, 11) is 0. The minimum atomic E-state index is -0.436. The monoisotopic (exact) mass is 288 g/mol. The van der Waals surface area contributed by atoms with Crippen LogP contribution in [0.3, 0.4) is 0 Å². The summed E-state index contributed by atoms with van der Waals surface area (Å²) in [6.45, 7) is 4.15. The summed E-state index contributed by atoms with van der Waals surface area (Å²) in [5.74, 6) is 0.474. The van der Waals surface area contributed by atoms with Crippen molar-refractivity contribution in [2.45, 2.75) is 19.9 Å². The zero-order valence-corrected chi connectivity index (χ0v) is 11.8. The summed E-state index contributed by atoms with van der Waals surface area (Å²) >= 11 is 0. The number of nitro groups is 1. The van der Waals surface area contributed by atoms with Crippen molar-refractivity contribution in [1.82, 2.24) is 9.97 Å². The lowest BCUT2D eigenvalue weighted by molar-refractivity contribution is -0.384. The first-order chi connectivity index (χ1) is 10.1. The first-order valence-electron chi connectivity index (χ1n) is 6.55. The molecule has 0 radical (unpaired) electrons. The second kappa shape index (κ2) is 6.65. The van der Waals surface area contributed by atoms with Crippen LogP contribution >= 0.6 is 0 Å². The normalized spacial score (nSPS) is 11.7. The van der Waals surface area contributed by atoms with E-state index in [9.17, 15) is 10.1 Å². The molecule has 0 aliphatic heterocycles. The molecule has 0 aliphatic rings. The summed E-state index contributed by atoms with van der Waals surface area (Å²) in [6, 6.07) is 4.54. The summed E-state index contributed by atoms with van der Waals surface area (Å²) in [4.78, 5) is 18.9. The number of ether oxygens (including phenoxy) is 1. The zero-order valence-electron chi connectivity index (χ0n) is 11.8. The molecule has 1 atom stereocenters. The fourth-order valence-electron chi connectivity index (χ4n) is 1.88. The fourth-order valence-corrected chi connectivity index (χ4v) is 1.88. The van der Waals surface area contributed by atoms with Crippen LogP contribution in [0.1, 0.15) is 25.6 Å². The number of aromatic nitrogens is 2. The van der Waals surface area contributed by atoms with Gasteiger partial charge in [0.1, 0.15) is 11.4 Å². The number of nitrogens with one attached hydrogen (secondary N) is 1. The lowest BCUT2D eigenvalue weighted by Crippen LogP contribution is -2.10. The van der Waals surface area contributed by atoms with E-state index in [0.717, 1.165) is 0 Å². The van der Waals surface area contributed by atoms with Gasteiger partial charge < -0.3 is 10.1 Å². The molecule has 0 spiro atoms. The summed E-state index contributed by atoms with van der Waals surface area (Å²) < 4.78 is 5.29. The van der Waals surface area contributed by atoms with Crippen LogP contribution in [0.4, 0.5) is 11.4 Å². The predicted octanol–water partition coefficient (Wildman–Crippen LogP) is 2.96. The van der Waals surface area contributed by atoms with E-state index >= 15 is 0 Å². The fraction of sp³-hybridized carbons (Fsp3) is 0.286. The molecule has 7 heteroatoms. The molecular weight excluding hydrogens is 272 g/mol. The predicted molar refractivity (Wildman–Crippen MR) is 78.3 cm³/mol. The Bertz CT molecular complexity index is 619. The number of benzene rings is 1. The molecule has 1 aromatic heterocycles. The van der Waals surface area contributed by atoms with E-state index in [1.165, 1.54) is 6.07 Å². The summed E-state index contributed by atoms with van der Waals surface area (Å²) in [6.07, 6.45) is 4.79. The van der Waals surface area contributed by atoms with Gasteiger partial charge in [-0.1, -0.05) is 0 Å². The van der Waals surface area contributed by atoms with Crippen LogP contribution in [0.5, 0.6) is 5.75 Å². The molecule has 0 saturated carbocycles. The number of rotatable bonds is 6. The topological polar surface area (TPSA) is 90.2 Å². The van der Waals surface area contributed by atoms with Crippen LogP contribution in [0.15, 0.2) is 36.8 Å². The maximum absolute atomic E-state index is 11.2. The highest BCUT2D eigenvalue weighted by atomic mass is 16.6. The maximum Gasteiger partial charge on any atom is 0.296 e. The molecule has 0 amide bonds. The third-order valence-electron chi connectivity index (χ3n) is 2.88. The maximum atomic E-state index is 11.2. The molecule has 110 valence electrons. The molecular formula is C14H16N4O3. The third kappa shape index (κ3) is 3.65. The van der Waals surface area contributed by atoms with Gasteiger partial charge in [-0.05, 0) is 26.0 Å². The highest BCUT2D eigenvalue weighted by Crippen LogP contribution is 2.31. The van der Waals surface area contributed by atoms with Gasteiger partial charge in [0.05, 0.1) is 35.5 Å². The van der Waals surface area contributed by atoms with Gasteiger partial charge >= 0.3 is 0 Å². The molecule has 1 heterocycles. The molecule has 0 saturated heterocycles. The van der Waals surface area contributed by atoms with Crippen molar-refractivity contribution in [3.63, 3.8) is 0 Å². The third-order valence-corrected chi connectivity index (χ3v) is 2.88. The van der Waals surface area contributed by atoms with Crippen LogP contribution in [-0.4, -0.2) is 21.5 Å². The van der Waals surface area contributed by atoms with E-state index < -0.39 is 4.92 Å². The van der Waals surface area contributed by atoms with Crippen molar-refractivity contribution >= 4 is 11.4 Å². The molecule has 0 aliphatic carbocycles. The van der Waals surface area contributed by atoms with Crippen molar-refractivity contribution in [3.05, 3.63) is 52.6 Å². The van der Waals surface area contributed by atoms with Crippen LogP contribution in [0.25, 0.3) is 0 Å². The SMILES string of the molecule is CCOc1ccc(NC(C)c2cnccn2)c([N+](=O)[O-])c1. The number of nitro benzene ring substituents is 1. The average molecular weight is 288 g/mol. The number of hydrogen-bond donors (Lipinski definition) is 1. The van der Waals surface area contributed by atoms with Crippen molar-refractivity contribution in [1.29, 1.82) is 0 Å². The van der Waals surface area contributed by atoms with Crippen molar-refractivity contribution in [2.75, 3.05) is 11.9 Å². The Balaban J connectivity index is 2.25. The van der Waals surface area contributed by atoms with Crippen molar-refractivity contribution < 1.29 is 9.66 Å². The molecule has 2 rings (SSSR count). The smallest absolute Gasteiger partial charge is 0.296 e. The minimum absolute atomic E-state index is 0.0308. The standard InChI is InChI=1S/C14H16N4O3/c1-3-21-11-4-5-12(14(8-11)18(19)20)17-10(2)13-9-15-6-7-16-13/h4-10,17H,3H2,1-2H3. The number of nitrogens with zero attached hydrogens (tertiary/aromatic N) is 3. The zero-order chi connectivity index (χ0) is 15.2. The first-order valence-corrected chi connectivity index (χ1v) is 6.55. The highest BCUT2D eigenvalue weighted by molar-refractivity contribution is 5.64. The number of anilines is 1. The Labute approximate surface area is 122 Å². The van der Waals surface area contributed by atoms with E-state index in [4.69, 9.17) is 4.74 Å². The van der Waals surface area contributed by atoms with E-state index in [1.807, 2.05) is 13.8 Å². The molecule has 1 aromatic carbocycles. The Kier molecular flexibility index (Phi) is 4.65. The molecule has 0 bridgehead atoms. The Morgan fingerprint density at radius 1 is 1.43 bits per heavy atom. The first kappa shape index (κ1) is 14.7. The van der Waals surface area contributed by atoms with Crippen molar-refractivity contribution in [3.8, 4) is 5.75 Å². The van der Waals surface area contributed by atoms with Gasteiger partial charge in [-0.3, -0.25) is 20.1 Å². The van der Waals surface area contributed by atoms with Gasteiger partial charge in [0.15, 0.2) is 0 Å². The van der Waals surface area contributed by atoms with E-state index in [1.54, 1.807) is 30.7 Å². The highest BCUT2D eigenvalue weighted by Gasteiger charge is 2.18. The molecule has 0 fully saturated rings. The second-order valence-corrected chi connectivity index (χ2v) is 4.37. The molecule has 1 N–H and O–H groups in total. The molecule has 1 unspecified atom stereocenters.